The van der Waals surface area contributed by atoms with Crippen LogP contribution in [0.4, 0.5) is 28.7 Å². The second-order valence-electron chi connectivity index (χ2n) is 6.17. The molecule has 0 aliphatic heterocycles. The predicted octanol–water partition coefficient (Wildman–Crippen LogP) is 4.89. The van der Waals surface area contributed by atoms with Gasteiger partial charge in [-0.25, -0.2) is 9.97 Å². The van der Waals surface area contributed by atoms with E-state index in [9.17, 15) is 10.1 Å². The fraction of sp³-hybridized carbons (Fsp3) is 0.200. The molecule has 0 aliphatic rings. The molecular formula is C20H21N5O3. The third kappa shape index (κ3) is 4.17. The molecule has 28 heavy (non-hydrogen) atoms. The standard InChI is InChI=1S/C20H21N5O3/c1-4-28-17-8-6-5-7-16(17)24-20-18(25(26)27)19(21-12-22-20)23-15-10-9-13(2)11-14(15)3/h5-12H,4H2,1-3H3,(H2,21,22,23,24). The summed E-state index contributed by atoms with van der Waals surface area (Å²) in [5, 5.41) is 17.8. The molecule has 0 spiro atoms. The van der Waals surface area contributed by atoms with E-state index in [1.165, 1.54) is 6.33 Å². The largest absolute Gasteiger partial charge is 0.492 e. The van der Waals surface area contributed by atoms with Crippen molar-refractivity contribution >= 4 is 28.7 Å². The van der Waals surface area contributed by atoms with Gasteiger partial charge >= 0.3 is 5.69 Å². The summed E-state index contributed by atoms with van der Waals surface area (Å²) in [5.41, 5.74) is 3.16. The number of ether oxygens (including phenoxy) is 1. The minimum absolute atomic E-state index is 0.0828. The fourth-order valence-electron chi connectivity index (χ4n) is 2.79. The van der Waals surface area contributed by atoms with Crippen molar-refractivity contribution in [3.8, 4) is 5.75 Å². The maximum absolute atomic E-state index is 11.8. The Morgan fingerprint density at radius 3 is 2.36 bits per heavy atom. The maximum Gasteiger partial charge on any atom is 0.353 e. The number of nitro groups is 1. The van der Waals surface area contributed by atoms with E-state index in [0.29, 0.717) is 18.0 Å². The van der Waals surface area contributed by atoms with E-state index in [1.54, 1.807) is 12.1 Å². The van der Waals surface area contributed by atoms with Crippen LogP contribution >= 0.6 is 0 Å². The van der Waals surface area contributed by atoms with Crippen molar-refractivity contribution in [2.75, 3.05) is 17.2 Å². The molecule has 1 heterocycles. The fourth-order valence-corrected chi connectivity index (χ4v) is 2.79. The third-order valence-corrected chi connectivity index (χ3v) is 4.08. The summed E-state index contributed by atoms with van der Waals surface area (Å²) >= 11 is 0. The zero-order valence-electron chi connectivity index (χ0n) is 15.9. The lowest BCUT2D eigenvalue weighted by molar-refractivity contribution is -0.383. The molecule has 0 amide bonds. The first-order valence-corrected chi connectivity index (χ1v) is 8.82. The van der Waals surface area contributed by atoms with Crippen LogP contribution in [0.15, 0.2) is 48.8 Å². The number of nitrogens with zero attached hydrogens (tertiary/aromatic N) is 3. The molecule has 2 aromatic carbocycles. The molecule has 8 heteroatoms. The number of nitrogens with one attached hydrogen (secondary N) is 2. The smallest absolute Gasteiger partial charge is 0.353 e. The minimum atomic E-state index is -0.502. The number of aryl methyl sites for hydroxylation is 2. The molecule has 0 saturated carbocycles. The summed E-state index contributed by atoms with van der Waals surface area (Å²) in [7, 11) is 0. The van der Waals surface area contributed by atoms with E-state index in [1.807, 2.05) is 51.1 Å². The van der Waals surface area contributed by atoms with Crippen molar-refractivity contribution in [3.63, 3.8) is 0 Å². The van der Waals surface area contributed by atoms with Gasteiger partial charge in [-0.1, -0.05) is 29.8 Å². The molecule has 0 bridgehead atoms. The number of aromatic nitrogens is 2. The summed E-state index contributed by atoms with van der Waals surface area (Å²) in [6.07, 6.45) is 1.28. The monoisotopic (exact) mass is 379 g/mol. The summed E-state index contributed by atoms with van der Waals surface area (Å²) in [4.78, 5) is 19.4. The number of rotatable bonds is 7. The summed E-state index contributed by atoms with van der Waals surface area (Å²) in [6.45, 7) is 6.27. The van der Waals surface area contributed by atoms with Gasteiger partial charge in [0, 0.05) is 5.69 Å². The number of hydrogen-bond donors (Lipinski definition) is 2. The Balaban J connectivity index is 1.99. The van der Waals surface area contributed by atoms with Gasteiger partial charge in [-0.3, -0.25) is 10.1 Å². The average Bonchev–Trinajstić information content (AvgIpc) is 2.66. The Hall–Kier alpha value is -3.68. The Bertz CT molecular complexity index is 1010. The van der Waals surface area contributed by atoms with Gasteiger partial charge in [-0.2, -0.15) is 0 Å². The van der Waals surface area contributed by atoms with E-state index in [2.05, 4.69) is 20.6 Å². The van der Waals surface area contributed by atoms with Gasteiger partial charge in [0.15, 0.2) is 0 Å². The lowest BCUT2D eigenvalue weighted by atomic mass is 10.1. The van der Waals surface area contributed by atoms with Gasteiger partial charge in [0.1, 0.15) is 12.1 Å². The zero-order chi connectivity index (χ0) is 20.1. The highest BCUT2D eigenvalue weighted by Gasteiger charge is 2.24. The topological polar surface area (TPSA) is 102 Å². The van der Waals surface area contributed by atoms with Crippen LogP contribution in [-0.2, 0) is 0 Å². The van der Waals surface area contributed by atoms with E-state index in [-0.39, 0.29) is 17.3 Å². The molecule has 3 aromatic rings. The van der Waals surface area contributed by atoms with Crippen LogP contribution in [-0.4, -0.2) is 21.5 Å². The van der Waals surface area contributed by atoms with Crippen LogP contribution in [0.2, 0.25) is 0 Å². The Morgan fingerprint density at radius 1 is 1.04 bits per heavy atom. The van der Waals surface area contributed by atoms with Gasteiger partial charge in [-0.05, 0) is 44.5 Å². The van der Waals surface area contributed by atoms with Crippen LogP contribution in [0.5, 0.6) is 5.75 Å². The number of anilines is 4. The molecule has 3 rings (SSSR count). The summed E-state index contributed by atoms with van der Waals surface area (Å²) in [5.74, 6) is 0.782. The van der Waals surface area contributed by atoms with E-state index in [4.69, 9.17) is 4.74 Å². The second kappa shape index (κ2) is 8.34. The molecule has 0 atom stereocenters. The van der Waals surface area contributed by atoms with Gasteiger partial charge in [0.25, 0.3) is 0 Å². The molecule has 1 aromatic heterocycles. The van der Waals surface area contributed by atoms with Crippen LogP contribution in [0.25, 0.3) is 0 Å². The zero-order valence-corrected chi connectivity index (χ0v) is 15.9. The molecule has 0 aliphatic carbocycles. The summed E-state index contributed by atoms with van der Waals surface area (Å²) in [6, 6.07) is 13.0. The predicted molar refractivity (Wildman–Crippen MR) is 109 cm³/mol. The van der Waals surface area contributed by atoms with Crippen molar-refractivity contribution < 1.29 is 9.66 Å². The number of hydrogen-bond acceptors (Lipinski definition) is 7. The highest BCUT2D eigenvalue weighted by molar-refractivity contribution is 5.78. The molecule has 0 saturated heterocycles. The first-order valence-electron chi connectivity index (χ1n) is 8.82. The van der Waals surface area contributed by atoms with Crippen molar-refractivity contribution in [2.45, 2.75) is 20.8 Å². The van der Waals surface area contributed by atoms with Crippen LogP contribution in [0.1, 0.15) is 18.1 Å². The van der Waals surface area contributed by atoms with Crippen LogP contribution in [0, 0.1) is 24.0 Å². The van der Waals surface area contributed by atoms with Gasteiger partial charge in [0.05, 0.1) is 17.2 Å². The Labute approximate surface area is 162 Å². The average molecular weight is 379 g/mol. The first-order chi connectivity index (χ1) is 13.5. The molecule has 0 radical (unpaired) electrons. The molecule has 0 fully saturated rings. The lowest BCUT2D eigenvalue weighted by Crippen LogP contribution is -2.07. The van der Waals surface area contributed by atoms with Gasteiger partial charge in [-0.15, -0.1) is 0 Å². The number of benzene rings is 2. The molecule has 8 nitrogen and oxygen atoms in total. The van der Waals surface area contributed by atoms with Crippen molar-refractivity contribution in [1.82, 2.24) is 9.97 Å². The van der Waals surface area contributed by atoms with E-state index < -0.39 is 4.92 Å². The Morgan fingerprint density at radius 2 is 1.71 bits per heavy atom. The summed E-state index contributed by atoms with van der Waals surface area (Å²) < 4.78 is 5.57. The van der Waals surface area contributed by atoms with Gasteiger partial charge < -0.3 is 15.4 Å². The van der Waals surface area contributed by atoms with Crippen molar-refractivity contribution in [2.24, 2.45) is 0 Å². The molecule has 144 valence electrons. The normalized spacial score (nSPS) is 10.4. The Kier molecular flexibility index (Phi) is 5.69. The number of para-hydroxylation sites is 2. The third-order valence-electron chi connectivity index (χ3n) is 4.08. The minimum Gasteiger partial charge on any atom is -0.492 e. The van der Waals surface area contributed by atoms with E-state index in [0.717, 1.165) is 16.8 Å². The highest BCUT2D eigenvalue weighted by atomic mass is 16.6. The lowest BCUT2D eigenvalue weighted by Gasteiger charge is -2.14. The maximum atomic E-state index is 11.8. The van der Waals surface area contributed by atoms with E-state index >= 15 is 0 Å². The highest BCUT2D eigenvalue weighted by Crippen LogP contribution is 2.35. The quantitative estimate of drug-likeness (QED) is 0.445. The van der Waals surface area contributed by atoms with Crippen LogP contribution in [0.3, 0.4) is 0 Å². The second-order valence-corrected chi connectivity index (χ2v) is 6.17. The molecule has 2 N–H and O–H groups in total. The van der Waals surface area contributed by atoms with Crippen molar-refractivity contribution in [1.29, 1.82) is 0 Å². The first kappa shape index (κ1) is 19.1. The molecule has 0 unspecified atom stereocenters. The molecular weight excluding hydrogens is 358 g/mol. The van der Waals surface area contributed by atoms with Crippen LogP contribution < -0.4 is 15.4 Å². The SMILES string of the molecule is CCOc1ccccc1Nc1ncnc(Nc2ccc(C)cc2C)c1[N+](=O)[O-]. The van der Waals surface area contributed by atoms with Crippen molar-refractivity contribution in [3.05, 3.63) is 70.0 Å². The van der Waals surface area contributed by atoms with Gasteiger partial charge in [0.2, 0.25) is 11.6 Å².